The summed E-state index contributed by atoms with van der Waals surface area (Å²) >= 11 is 0. The van der Waals surface area contributed by atoms with E-state index in [1.165, 1.54) is 6.20 Å². The van der Waals surface area contributed by atoms with Crippen LogP contribution in [0.4, 0.5) is 5.69 Å². The Labute approximate surface area is 134 Å². The molecule has 0 aliphatic heterocycles. The highest BCUT2D eigenvalue weighted by molar-refractivity contribution is 6.08. The maximum atomic E-state index is 12.5. The third kappa shape index (κ3) is 3.08. The molecular formula is C18H17N3O2. The van der Waals surface area contributed by atoms with Crippen molar-refractivity contribution in [3.8, 4) is 17.0 Å². The summed E-state index contributed by atoms with van der Waals surface area (Å²) in [6.45, 7) is 1.95. The number of ether oxygens (including phenoxy) is 1. The second-order valence-electron chi connectivity index (χ2n) is 5.16. The van der Waals surface area contributed by atoms with Crippen molar-refractivity contribution in [2.45, 2.75) is 6.92 Å². The summed E-state index contributed by atoms with van der Waals surface area (Å²) in [6.07, 6.45) is 1.53. The molecule has 0 fully saturated rings. The highest BCUT2D eigenvalue weighted by atomic mass is 16.5. The van der Waals surface area contributed by atoms with Crippen molar-refractivity contribution in [2.75, 3.05) is 12.4 Å². The van der Waals surface area contributed by atoms with Crippen LogP contribution in [0.25, 0.3) is 11.3 Å². The number of methoxy groups -OCH3 is 1. The number of hydrogen-bond donors (Lipinski definition) is 2. The lowest BCUT2D eigenvalue weighted by molar-refractivity contribution is 0.102. The van der Waals surface area contributed by atoms with Gasteiger partial charge in [0.25, 0.3) is 5.91 Å². The van der Waals surface area contributed by atoms with E-state index < -0.39 is 0 Å². The molecule has 23 heavy (non-hydrogen) atoms. The quantitative estimate of drug-likeness (QED) is 0.773. The van der Waals surface area contributed by atoms with Crippen LogP contribution in [0.2, 0.25) is 0 Å². The molecule has 3 aromatic rings. The average Bonchev–Trinajstić information content (AvgIpc) is 3.07. The third-order valence-corrected chi connectivity index (χ3v) is 3.66. The lowest BCUT2D eigenvalue weighted by Gasteiger charge is -2.08. The number of anilines is 1. The number of para-hydroxylation sites is 1. The summed E-state index contributed by atoms with van der Waals surface area (Å²) in [7, 11) is 1.62. The molecule has 1 amide bonds. The summed E-state index contributed by atoms with van der Waals surface area (Å²) in [4.78, 5) is 12.5. The fourth-order valence-corrected chi connectivity index (χ4v) is 2.34. The Balaban J connectivity index is 1.88. The number of aromatic amines is 1. The first-order valence-corrected chi connectivity index (χ1v) is 7.24. The molecule has 2 N–H and O–H groups in total. The Morgan fingerprint density at radius 3 is 2.57 bits per heavy atom. The zero-order valence-electron chi connectivity index (χ0n) is 13.0. The van der Waals surface area contributed by atoms with Gasteiger partial charge in [0.2, 0.25) is 0 Å². The highest BCUT2D eigenvalue weighted by Gasteiger charge is 2.16. The molecule has 116 valence electrons. The molecule has 1 heterocycles. The second-order valence-corrected chi connectivity index (χ2v) is 5.16. The van der Waals surface area contributed by atoms with Crippen molar-refractivity contribution in [3.05, 3.63) is 65.9 Å². The molecule has 0 saturated heterocycles. The smallest absolute Gasteiger partial charge is 0.259 e. The van der Waals surface area contributed by atoms with E-state index >= 15 is 0 Å². The number of aromatic nitrogens is 2. The molecule has 1 aromatic heterocycles. The Bertz CT molecular complexity index is 822. The van der Waals surface area contributed by atoms with Crippen LogP contribution in [0.5, 0.6) is 5.75 Å². The van der Waals surface area contributed by atoms with Crippen LogP contribution in [0.3, 0.4) is 0 Å². The Morgan fingerprint density at radius 2 is 1.87 bits per heavy atom. The Hall–Kier alpha value is -3.08. The van der Waals surface area contributed by atoms with Gasteiger partial charge in [0, 0.05) is 11.3 Å². The van der Waals surface area contributed by atoms with Gasteiger partial charge < -0.3 is 10.1 Å². The van der Waals surface area contributed by atoms with E-state index in [2.05, 4.69) is 15.5 Å². The maximum absolute atomic E-state index is 12.5. The first-order chi connectivity index (χ1) is 11.2. The molecule has 5 heteroatoms. The molecule has 0 aliphatic carbocycles. The molecule has 5 nitrogen and oxygen atoms in total. The summed E-state index contributed by atoms with van der Waals surface area (Å²) in [5, 5.41) is 9.82. The number of carbonyl (C=O) groups is 1. The minimum Gasteiger partial charge on any atom is -0.497 e. The van der Waals surface area contributed by atoms with Crippen LogP contribution < -0.4 is 10.1 Å². The van der Waals surface area contributed by atoms with Crippen molar-refractivity contribution in [2.24, 2.45) is 0 Å². The average molecular weight is 307 g/mol. The molecule has 0 radical (unpaired) electrons. The number of aryl methyl sites for hydroxylation is 1. The number of H-pyrrole nitrogens is 1. The van der Waals surface area contributed by atoms with Crippen molar-refractivity contribution in [1.29, 1.82) is 0 Å². The van der Waals surface area contributed by atoms with E-state index in [0.717, 1.165) is 22.6 Å². The van der Waals surface area contributed by atoms with Crippen molar-refractivity contribution in [1.82, 2.24) is 10.2 Å². The standard InChI is InChI=1S/C18H17N3O2/c1-12-5-3-4-6-16(12)20-18(22)15-11-19-21-17(15)13-7-9-14(23-2)10-8-13/h3-11H,1-2H3,(H,19,21)(H,20,22). The van der Waals surface area contributed by atoms with Gasteiger partial charge in [0.05, 0.1) is 24.6 Å². The lowest BCUT2D eigenvalue weighted by Crippen LogP contribution is -2.13. The van der Waals surface area contributed by atoms with E-state index in [0.29, 0.717) is 11.3 Å². The van der Waals surface area contributed by atoms with Crippen LogP contribution >= 0.6 is 0 Å². The summed E-state index contributed by atoms with van der Waals surface area (Å²) in [5.74, 6) is 0.568. The Kier molecular flexibility index (Phi) is 4.10. The fourth-order valence-electron chi connectivity index (χ4n) is 2.34. The number of nitrogens with zero attached hydrogens (tertiary/aromatic N) is 1. The SMILES string of the molecule is COc1ccc(-c2[nH]ncc2C(=O)Nc2ccccc2C)cc1. The normalized spacial score (nSPS) is 10.3. The fraction of sp³-hybridized carbons (Fsp3) is 0.111. The van der Waals surface area contributed by atoms with Gasteiger partial charge in [-0.1, -0.05) is 18.2 Å². The maximum Gasteiger partial charge on any atom is 0.259 e. The van der Waals surface area contributed by atoms with Crippen LogP contribution in [-0.2, 0) is 0 Å². The van der Waals surface area contributed by atoms with Gasteiger partial charge in [-0.3, -0.25) is 9.89 Å². The van der Waals surface area contributed by atoms with E-state index in [9.17, 15) is 4.79 Å². The van der Waals surface area contributed by atoms with Crippen molar-refractivity contribution < 1.29 is 9.53 Å². The van der Waals surface area contributed by atoms with Gasteiger partial charge >= 0.3 is 0 Å². The Morgan fingerprint density at radius 1 is 1.13 bits per heavy atom. The summed E-state index contributed by atoms with van der Waals surface area (Å²) in [5.41, 5.74) is 3.85. The van der Waals surface area contributed by atoms with Gasteiger partial charge in [-0.2, -0.15) is 5.10 Å². The van der Waals surface area contributed by atoms with Crippen LogP contribution in [0, 0.1) is 6.92 Å². The highest BCUT2D eigenvalue weighted by Crippen LogP contribution is 2.24. The number of carbonyl (C=O) groups excluding carboxylic acids is 1. The number of nitrogens with one attached hydrogen (secondary N) is 2. The molecular weight excluding hydrogens is 290 g/mol. The van der Waals surface area contributed by atoms with Gasteiger partial charge in [0.1, 0.15) is 5.75 Å². The largest absolute Gasteiger partial charge is 0.497 e. The van der Waals surface area contributed by atoms with Gasteiger partial charge in [-0.15, -0.1) is 0 Å². The minimum atomic E-state index is -0.195. The number of benzene rings is 2. The van der Waals surface area contributed by atoms with Gasteiger partial charge in [-0.25, -0.2) is 0 Å². The van der Waals surface area contributed by atoms with Crippen LogP contribution in [0.15, 0.2) is 54.7 Å². The summed E-state index contributed by atoms with van der Waals surface area (Å²) < 4.78 is 5.15. The summed E-state index contributed by atoms with van der Waals surface area (Å²) in [6, 6.07) is 15.1. The zero-order chi connectivity index (χ0) is 16.2. The van der Waals surface area contributed by atoms with E-state index in [1.54, 1.807) is 7.11 Å². The van der Waals surface area contributed by atoms with Crippen molar-refractivity contribution in [3.63, 3.8) is 0 Å². The van der Waals surface area contributed by atoms with Crippen molar-refractivity contribution >= 4 is 11.6 Å². The molecule has 0 bridgehead atoms. The molecule has 0 atom stereocenters. The molecule has 0 saturated carbocycles. The molecule has 2 aromatic carbocycles. The third-order valence-electron chi connectivity index (χ3n) is 3.66. The van der Waals surface area contributed by atoms with E-state index in [4.69, 9.17) is 4.74 Å². The zero-order valence-corrected chi connectivity index (χ0v) is 13.0. The lowest BCUT2D eigenvalue weighted by atomic mass is 10.1. The first kappa shape index (κ1) is 14.8. The topological polar surface area (TPSA) is 67.0 Å². The van der Waals surface area contributed by atoms with Crippen LogP contribution in [0.1, 0.15) is 15.9 Å². The monoisotopic (exact) mass is 307 g/mol. The van der Waals surface area contributed by atoms with Gasteiger partial charge in [0.15, 0.2) is 0 Å². The molecule has 0 unspecified atom stereocenters. The molecule has 0 spiro atoms. The minimum absolute atomic E-state index is 0.195. The predicted octanol–water partition coefficient (Wildman–Crippen LogP) is 3.65. The molecule has 3 rings (SSSR count). The van der Waals surface area contributed by atoms with Crippen LogP contribution in [-0.4, -0.2) is 23.2 Å². The van der Waals surface area contributed by atoms with E-state index in [1.807, 2.05) is 55.5 Å². The van der Waals surface area contributed by atoms with Gasteiger partial charge in [-0.05, 0) is 42.8 Å². The number of hydrogen-bond acceptors (Lipinski definition) is 3. The second kappa shape index (κ2) is 6.36. The van der Waals surface area contributed by atoms with E-state index in [-0.39, 0.29) is 5.91 Å². The predicted molar refractivity (Wildman–Crippen MR) is 89.7 cm³/mol. The first-order valence-electron chi connectivity index (χ1n) is 7.24. The molecule has 0 aliphatic rings. The number of rotatable bonds is 4. The number of amides is 1.